The van der Waals surface area contributed by atoms with E-state index in [1.165, 1.54) is 18.4 Å². The molecule has 1 atom stereocenters. The number of rotatable bonds is 1. The second-order valence-corrected chi connectivity index (χ2v) is 6.45. The lowest BCUT2D eigenvalue weighted by Crippen LogP contribution is -2.39. The Hall–Kier alpha value is -1.51. The van der Waals surface area contributed by atoms with Gasteiger partial charge in [0.05, 0.1) is 6.04 Å². The van der Waals surface area contributed by atoms with Gasteiger partial charge < -0.3 is 9.64 Å². The molecule has 3 nitrogen and oxygen atoms in total. The number of hydrogen-bond acceptors (Lipinski definition) is 2. The van der Waals surface area contributed by atoms with Crippen molar-refractivity contribution in [2.24, 2.45) is 0 Å². The first-order valence-corrected chi connectivity index (χ1v) is 7.52. The van der Waals surface area contributed by atoms with Crippen LogP contribution in [0.25, 0.3) is 0 Å². The van der Waals surface area contributed by atoms with Gasteiger partial charge in [0.1, 0.15) is 5.60 Å². The van der Waals surface area contributed by atoms with Crippen LogP contribution >= 0.6 is 0 Å². The third-order valence-electron chi connectivity index (χ3n) is 3.57. The standard InChI is InChI=1S/C17H25NO2/c1-17(2,3)20-16(19)18-13-9-5-8-12-15(18)14-10-6-4-7-11-14/h4,6-7,10-11,15H,5,8-9,12-13H2,1-3H3. The molecule has 0 aromatic heterocycles. The van der Waals surface area contributed by atoms with E-state index < -0.39 is 5.60 Å². The van der Waals surface area contributed by atoms with Gasteiger partial charge in [-0.15, -0.1) is 0 Å². The topological polar surface area (TPSA) is 29.5 Å². The Kier molecular flexibility index (Phi) is 4.69. The summed E-state index contributed by atoms with van der Waals surface area (Å²) in [7, 11) is 0. The highest BCUT2D eigenvalue weighted by Crippen LogP contribution is 2.31. The van der Waals surface area contributed by atoms with Crippen molar-refractivity contribution in [2.45, 2.75) is 58.1 Å². The quantitative estimate of drug-likeness (QED) is 0.753. The van der Waals surface area contributed by atoms with Crippen molar-refractivity contribution >= 4 is 6.09 Å². The molecule has 2 rings (SSSR count). The Balaban J connectivity index is 2.19. The highest BCUT2D eigenvalue weighted by atomic mass is 16.6. The second-order valence-electron chi connectivity index (χ2n) is 6.45. The molecule has 3 heteroatoms. The van der Waals surface area contributed by atoms with Crippen LogP contribution in [-0.4, -0.2) is 23.1 Å². The van der Waals surface area contributed by atoms with Crippen LogP contribution in [0.15, 0.2) is 30.3 Å². The number of nitrogens with zero attached hydrogens (tertiary/aromatic N) is 1. The number of benzene rings is 1. The summed E-state index contributed by atoms with van der Waals surface area (Å²) in [5, 5.41) is 0. The normalized spacial score (nSPS) is 20.4. The zero-order chi connectivity index (χ0) is 14.6. The van der Waals surface area contributed by atoms with Gasteiger partial charge in [-0.05, 0) is 39.2 Å². The third kappa shape index (κ3) is 3.99. The van der Waals surface area contributed by atoms with Gasteiger partial charge in [0, 0.05) is 6.54 Å². The summed E-state index contributed by atoms with van der Waals surface area (Å²) in [5.74, 6) is 0. The van der Waals surface area contributed by atoms with Crippen molar-refractivity contribution in [2.75, 3.05) is 6.54 Å². The highest BCUT2D eigenvalue weighted by molar-refractivity contribution is 5.69. The average molecular weight is 275 g/mol. The van der Waals surface area contributed by atoms with E-state index in [0.29, 0.717) is 0 Å². The summed E-state index contributed by atoms with van der Waals surface area (Å²) in [5.41, 5.74) is 0.769. The van der Waals surface area contributed by atoms with E-state index in [1.807, 2.05) is 43.9 Å². The molecule has 1 unspecified atom stereocenters. The molecule has 1 aliphatic heterocycles. The first-order valence-electron chi connectivity index (χ1n) is 7.52. The maximum Gasteiger partial charge on any atom is 0.410 e. The predicted molar refractivity (Wildman–Crippen MR) is 80.6 cm³/mol. The number of hydrogen-bond donors (Lipinski definition) is 0. The van der Waals surface area contributed by atoms with Crippen molar-refractivity contribution in [3.8, 4) is 0 Å². The third-order valence-corrected chi connectivity index (χ3v) is 3.57. The van der Waals surface area contributed by atoms with Gasteiger partial charge in [-0.3, -0.25) is 0 Å². The lowest BCUT2D eigenvalue weighted by Gasteiger charge is -2.32. The predicted octanol–water partition coefficient (Wildman–Crippen LogP) is 4.54. The number of amides is 1. The van der Waals surface area contributed by atoms with E-state index in [1.54, 1.807) is 0 Å². The van der Waals surface area contributed by atoms with Gasteiger partial charge in [-0.1, -0.05) is 43.2 Å². The summed E-state index contributed by atoms with van der Waals surface area (Å²) >= 11 is 0. The summed E-state index contributed by atoms with van der Waals surface area (Å²) < 4.78 is 5.57. The van der Waals surface area contributed by atoms with Gasteiger partial charge in [-0.25, -0.2) is 4.79 Å². The zero-order valence-electron chi connectivity index (χ0n) is 12.8. The molecule has 1 aliphatic rings. The van der Waals surface area contributed by atoms with E-state index >= 15 is 0 Å². The van der Waals surface area contributed by atoms with Crippen molar-refractivity contribution in [3.05, 3.63) is 35.9 Å². The SMILES string of the molecule is CC(C)(C)OC(=O)N1CCCCCC1c1ccccc1. The highest BCUT2D eigenvalue weighted by Gasteiger charge is 2.30. The van der Waals surface area contributed by atoms with Crippen LogP contribution in [0.3, 0.4) is 0 Å². The molecule has 0 N–H and O–H groups in total. The van der Waals surface area contributed by atoms with Crippen LogP contribution in [0, 0.1) is 0 Å². The molecule has 0 spiro atoms. The molecular formula is C17H25NO2. The fourth-order valence-electron chi connectivity index (χ4n) is 2.67. The minimum atomic E-state index is -0.440. The molecule has 0 saturated carbocycles. The Morgan fingerprint density at radius 1 is 1.15 bits per heavy atom. The fraction of sp³-hybridized carbons (Fsp3) is 0.588. The molecule has 0 bridgehead atoms. The first-order chi connectivity index (χ1) is 9.47. The molecule has 0 aliphatic carbocycles. The van der Waals surface area contributed by atoms with Crippen LogP contribution in [-0.2, 0) is 4.74 Å². The van der Waals surface area contributed by atoms with Gasteiger partial charge in [0.25, 0.3) is 0 Å². The zero-order valence-corrected chi connectivity index (χ0v) is 12.8. The van der Waals surface area contributed by atoms with E-state index in [0.717, 1.165) is 19.4 Å². The Bertz CT molecular complexity index is 436. The van der Waals surface area contributed by atoms with E-state index in [9.17, 15) is 4.79 Å². The number of carbonyl (C=O) groups is 1. The molecule has 1 fully saturated rings. The Morgan fingerprint density at radius 2 is 1.85 bits per heavy atom. The molecule has 1 aromatic rings. The van der Waals surface area contributed by atoms with E-state index in [-0.39, 0.29) is 12.1 Å². The lowest BCUT2D eigenvalue weighted by atomic mass is 10.0. The number of ether oxygens (including phenoxy) is 1. The fourth-order valence-corrected chi connectivity index (χ4v) is 2.67. The minimum absolute atomic E-state index is 0.147. The maximum atomic E-state index is 12.5. The Morgan fingerprint density at radius 3 is 2.50 bits per heavy atom. The van der Waals surface area contributed by atoms with Crippen molar-refractivity contribution in [1.29, 1.82) is 0 Å². The first kappa shape index (κ1) is 14.9. The summed E-state index contributed by atoms with van der Waals surface area (Å²) in [6, 6.07) is 10.4. The van der Waals surface area contributed by atoms with Crippen LogP contribution < -0.4 is 0 Å². The van der Waals surface area contributed by atoms with Crippen LogP contribution in [0.1, 0.15) is 58.1 Å². The van der Waals surface area contributed by atoms with Crippen LogP contribution in [0.2, 0.25) is 0 Å². The monoisotopic (exact) mass is 275 g/mol. The van der Waals surface area contributed by atoms with Crippen molar-refractivity contribution < 1.29 is 9.53 Å². The number of carbonyl (C=O) groups excluding carboxylic acids is 1. The van der Waals surface area contributed by atoms with Crippen molar-refractivity contribution in [3.63, 3.8) is 0 Å². The smallest absolute Gasteiger partial charge is 0.410 e. The second kappa shape index (κ2) is 6.29. The minimum Gasteiger partial charge on any atom is -0.444 e. The van der Waals surface area contributed by atoms with E-state index in [4.69, 9.17) is 4.74 Å². The maximum absolute atomic E-state index is 12.5. The summed E-state index contributed by atoms with van der Waals surface area (Å²) in [6.45, 7) is 6.54. The number of likely N-dealkylation sites (tertiary alicyclic amines) is 1. The molecule has 1 amide bonds. The van der Waals surface area contributed by atoms with E-state index in [2.05, 4.69) is 12.1 Å². The van der Waals surface area contributed by atoms with Crippen LogP contribution in [0.5, 0.6) is 0 Å². The molecule has 1 aromatic carbocycles. The molecule has 110 valence electrons. The lowest BCUT2D eigenvalue weighted by molar-refractivity contribution is 0.0163. The molecule has 1 saturated heterocycles. The van der Waals surface area contributed by atoms with Gasteiger partial charge >= 0.3 is 6.09 Å². The largest absolute Gasteiger partial charge is 0.444 e. The summed E-state index contributed by atoms with van der Waals surface area (Å²) in [4.78, 5) is 14.4. The summed E-state index contributed by atoms with van der Waals surface area (Å²) in [6.07, 6.45) is 4.24. The van der Waals surface area contributed by atoms with Crippen molar-refractivity contribution in [1.82, 2.24) is 4.90 Å². The van der Waals surface area contributed by atoms with Crippen LogP contribution in [0.4, 0.5) is 4.79 Å². The Labute approximate surface area is 121 Å². The molecular weight excluding hydrogens is 250 g/mol. The van der Waals surface area contributed by atoms with Gasteiger partial charge in [0.15, 0.2) is 0 Å². The molecule has 1 heterocycles. The average Bonchev–Trinajstić information content (AvgIpc) is 2.63. The van der Waals surface area contributed by atoms with Gasteiger partial charge in [-0.2, -0.15) is 0 Å². The van der Waals surface area contributed by atoms with Gasteiger partial charge in [0.2, 0.25) is 0 Å². The molecule has 20 heavy (non-hydrogen) atoms. The molecule has 0 radical (unpaired) electrons.